The molecule has 0 heterocycles. The largest absolute Gasteiger partial charge is 0.480 e. The highest BCUT2D eigenvalue weighted by molar-refractivity contribution is 5.90. The molecule has 9 heteroatoms. The molecule has 0 spiro atoms. The second-order valence-corrected chi connectivity index (χ2v) is 4.70. The molecule has 0 radical (unpaired) electrons. The topological polar surface area (TPSA) is 130 Å². The van der Waals surface area contributed by atoms with Crippen LogP contribution in [0.4, 0.5) is 5.69 Å². The predicted octanol–water partition coefficient (Wildman–Crippen LogP) is 0.548. The maximum Gasteiger partial charge on any atom is 0.338 e. The van der Waals surface area contributed by atoms with Crippen molar-refractivity contribution in [2.45, 2.75) is 0 Å². The molecule has 0 aromatic heterocycles. The van der Waals surface area contributed by atoms with Crippen molar-refractivity contribution in [2.24, 2.45) is 0 Å². The summed E-state index contributed by atoms with van der Waals surface area (Å²) in [4.78, 5) is 45.4. The van der Waals surface area contributed by atoms with Gasteiger partial charge in [0, 0.05) is 11.8 Å². The van der Waals surface area contributed by atoms with Gasteiger partial charge in [-0.05, 0) is 24.3 Å². The van der Waals surface area contributed by atoms with Crippen molar-refractivity contribution >= 4 is 29.6 Å². The lowest BCUT2D eigenvalue weighted by molar-refractivity contribution is -0.139. The fraction of sp³-hybridized carbons (Fsp3) is 0.250. The van der Waals surface area contributed by atoms with Crippen LogP contribution in [0.15, 0.2) is 36.9 Å². The van der Waals surface area contributed by atoms with Crippen LogP contribution in [0.25, 0.3) is 0 Å². The van der Waals surface area contributed by atoms with E-state index in [1.54, 1.807) is 0 Å². The first-order valence-corrected chi connectivity index (χ1v) is 7.08. The molecule has 0 aliphatic rings. The highest BCUT2D eigenvalue weighted by atomic mass is 16.6. The van der Waals surface area contributed by atoms with Crippen molar-refractivity contribution < 1.29 is 38.9 Å². The molecule has 25 heavy (non-hydrogen) atoms. The molecule has 0 aliphatic carbocycles. The first-order valence-electron chi connectivity index (χ1n) is 7.08. The fourth-order valence-electron chi connectivity index (χ4n) is 1.79. The van der Waals surface area contributed by atoms with Crippen LogP contribution >= 0.6 is 0 Å². The average Bonchev–Trinajstić information content (AvgIpc) is 2.57. The molecular formula is C16H17NO8. The number of rotatable bonds is 10. The number of carbonyl (C=O) groups excluding carboxylic acids is 2. The number of benzene rings is 1. The number of hydrogen-bond acceptors (Lipinski definition) is 7. The van der Waals surface area contributed by atoms with E-state index in [0.29, 0.717) is 5.69 Å². The molecule has 1 aromatic rings. The molecule has 0 atom stereocenters. The summed E-state index contributed by atoms with van der Waals surface area (Å²) >= 11 is 0. The van der Waals surface area contributed by atoms with Gasteiger partial charge in [-0.15, -0.1) is 0 Å². The van der Waals surface area contributed by atoms with Crippen LogP contribution in [0.3, 0.4) is 0 Å². The molecule has 1 aromatic carbocycles. The third-order valence-corrected chi connectivity index (χ3v) is 2.85. The van der Waals surface area contributed by atoms with Gasteiger partial charge in [-0.1, -0.05) is 6.58 Å². The van der Waals surface area contributed by atoms with Crippen LogP contribution in [-0.4, -0.2) is 60.4 Å². The van der Waals surface area contributed by atoms with Gasteiger partial charge in [0.05, 0.1) is 5.56 Å². The summed E-state index contributed by atoms with van der Waals surface area (Å²) in [6.45, 7) is 1.98. The average molecular weight is 351 g/mol. The SMILES string of the molecule is C=CC(=O)OCCOC(=O)c1ccc(N(CC(=O)O)CC(=O)O)cc1. The third kappa shape index (κ3) is 7.16. The summed E-state index contributed by atoms with van der Waals surface area (Å²) in [6.07, 6.45) is 0.987. The van der Waals surface area contributed by atoms with Crippen molar-refractivity contribution in [1.82, 2.24) is 0 Å². The summed E-state index contributed by atoms with van der Waals surface area (Å²) in [7, 11) is 0. The van der Waals surface area contributed by atoms with Gasteiger partial charge >= 0.3 is 23.9 Å². The van der Waals surface area contributed by atoms with E-state index in [2.05, 4.69) is 11.3 Å². The fourth-order valence-corrected chi connectivity index (χ4v) is 1.79. The molecule has 9 nitrogen and oxygen atoms in total. The van der Waals surface area contributed by atoms with Crippen LogP contribution in [0, 0.1) is 0 Å². The number of carboxylic acid groups (broad SMARTS) is 2. The summed E-state index contributed by atoms with van der Waals surface area (Å²) in [5, 5.41) is 17.7. The van der Waals surface area contributed by atoms with Crippen LogP contribution in [0.2, 0.25) is 0 Å². The van der Waals surface area contributed by atoms with Crippen LogP contribution in [0.5, 0.6) is 0 Å². The van der Waals surface area contributed by atoms with E-state index in [0.717, 1.165) is 11.0 Å². The Kier molecular flexibility index (Phi) is 7.64. The highest BCUT2D eigenvalue weighted by Gasteiger charge is 2.15. The zero-order valence-corrected chi connectivity index (χ0v) is 13.2. The van der Waals surface area contributed by atoms with E-state index in [1.165, 1.54) is 24.3 Å². The van der Waals surface area contributed by atoms with Crippen LogP contribution in [-0.2, 0) is 23.9 Å². The Morgan fingerprint density at radius 3 is 1.96 bits per heavy atom. The molecule has 0 bridgehead atoms. The third-order valence-electron chi connectivity index (χ3n) is 2.85. The standard InChI is InChI=1S/C16H17NO8/c1-2-15(22)24-7-8-25-16(23)11-3-5-12(6-4-11)17(9-13(18)19)10-14(20)21/h2-6H,1,7-10H2,(H,18,19)(H,20,21). The Hall–Kier alpha value is -3.36. The number of anilines is 1. The van der Waals surface area contributed by atoms with Gasteiger partial charge in [0.25, 0.3) is 0 Å². The molecule has 0 saturated carbocycles. The Bertz CT molecular complexity index is 637. The van der Waals surface area contributed by atoms with E-state index in [-0.39, 0.29) is 18.8 Å². The van der Waals surface area contributed by atoms with E-state index < -0.39 is 37.0 Å². The molecule has 0 saturated heterocycles. The first-order chi connectivity index (χ1) is 11.8. The lowest BCUT2D eigenvalue weighted by Crippen LogP contribution is -2.34. The van der Waals surface area contributed by atoms with Gasteiger partial charge in [-0.25, -0.2) is 9.59 Å². The lowest BCUT2D eigenvalue weighted by atomic mass is 10.2. The minimum absolute atomic E-state index is 0.111. The van der Waals surface area contributed by atoms with Crippen molar-refractivity contribution in [1.29, 1.82) is 0 Å². The van der Waals surface area contributed by atoms with Gasteiger partial charge in [0.1, 0.15) is 26.3 Å². The van der Waals surface area contributed by atoms with Gasteiger partial charge in [-0.3, -0.25) is 9.59 Å². The second kappa shape index (κ2) is 9.71. The molecule has 134 valence electrons. The quantitative estimate of drug-likeness (QED) is 0.352. The van der Waals surface area contributed by atoms with Gasteiger partial charge in [0.2, 0.25) is 0 Å². The Balaban J connectivity index is 2.65. The van der Waals surface area contributed by atoms with E-state index in [9.17, 15) is 19.2 Å². The van der Waals surface area contributed by atoms with Crippen molar-refractivity contribution in [3.63, 3.8) is 0 Å². The van der Waals surface area contributed by atoms with Gasteiger partial charge < -0.3 is 24.6 Å². The number of nitrogens with zero attached hydrogens (tertiary/aromatic N) is 1. The molecular weight excluding hydrogens is 334 g/mol. The zero-order valence-electron chi connectivity index (χ0n) is 13.2. The normalized spacial score (nSPS) is 9.76. The number of carbonyl (C=O) groups is 4. The molecule has 2 N–H and O–H groups in total. The summed E-state index contributed by atoms with van der Waals surface area (Å²) in [6, 6.07) is 5.59. The van der Waals surface area contributed by atoms with E-state index in [1.807, 2.05) is 0 Å². The minimum atomic E-state index is -1.18. The van der Waals surface area contributed by atoms with Crippen molar-refractivity contribution in [2.75, 3.05) is 31.2 Å². The van der Waals surface area contributed by atoms with E-state index in [4.69, 9.17) is 14.9 Å². The molecule has 0 unspecified atom stereocenters. The number of carboxylic acids is 2. The Labute approximate surface area is 143 Å². The summed E-state index contributed by atoms with van der Waals surface area (Å²) in [5.41, 5.74) is 0.519. The number of aliphatic carboxylic acids is 2. The van der Waals surface area contributed by atoms with E-state index >= 15 is 0 Å². The molecule has 0 amide bonds. The summed E-state index contributed by atoms with van der Waals surface area (Å²) < 4.78 is 9.55. The molecule has 0 aliphatic heterocycles. The predicted molar refractivity (Wildman–Crippen MR) is 85.4 cm³/mol. The monoisotopic (exact) mass is 351 g/mol. The maximum absolute atomic E-state index is 11.8. The van der Waals surface area contributed by atoms with Crippen LogP contribution < -0.4 is 4.90 Å². The van der Waals surface area contributed by atoms with Gasteiger partial charge in [0.15, 0.2) is 0 Å². The Morgan fingerprint density at radius 1 is 0.960 bits per heavy atom. The zero-order chi connectivity index (χ0) is 18.8. The lowest BCUT2D eigenvalue weighted by Gasteiger charge is -2.20. The first kappa shape index (κ1) is 19.7. The number of hydrogen-bond donors (Lipinski definition) is 2. The smallest absolute Gasteiger partial charge is 0.338 e. The number of ether oxygens (including phenoxy) is 2. The number of esters is 2. The van der Waals surface area contributed by atoms with Crippen LogP contribution in [0.1, 0.15) is 10.4 Å². The minimum Gasteiger partial charge on any atom is -0.480 e. The van der Waals surface area contributed by atoms with Crippen molar-refractivity contribution in [3.8, 4) is 0 Å². The highest BCUT2D eigenvalue weighted by Crippen LogP contribution is 2.15. The maximum atomic E-state index is 11.8. The Morgan fingerprint density at radius 2 is 1.48 bits per heavy atom. The molecule has 1 rings (SSSR count). The van der Waals surface area contributed by atoms with Crippen molar-refractivity contribution in [3.05, 3.63) is 42.5 Å². The summed E-state index contributed by atoms with van der Waals surface area (Å²) in [5.74, 6) is -3.65. The molecule has 0 fully saturated rings. The second-order valence-electron chi connectivity index (χ2n) is 4.70. The van der Waals surface area contributed by atoms with Gasteiger partial charge in [-0.2, -0.15) is 0 Å².